The number of halogens is 3. The van der Waals surface area contributed by atoms with Crippen molar-refractivity contribution in [3.05, 3.63) is 18.0 Å². The first-order chi connectivity index (χ1) is 10.00. The van der Waals surface area contributed by atoms with Gasteiger partial charge in [0.1, 0.15) is 0 Å². The topological polar surface area (TPSA) is 100 Å². The van der Waals surface area contributed by atoms with E-state index < -0.39 is 46.2 Å². The van der Waals surface area contributed by atoms with E-state index in [-0.39, 0.29) is 11.6 Å². The predicted molar refractivity (Wildman–Crippen MR) is 69.4 cm³/mol. The lowest BCUT2D eigenvalue weighted by atomic mass is 10.1. The second kappa shape index (κ2) is 5.38. The summed E-state index contributed by atoms with van der Waals surface area (Å²) >= 11 is 0. The Morgan fingerprint density at radius 1 is 1.41 bits per heavy atom. The van der Waals surface area contributed by atoms with Crippen molar-refractivity contribution in [3.63, 3.8) is 0 Å². The highest BCUT2D eigenvalue weighted by Crippen LogP contribution is 2.37. The van der Waals surface area contributed by atoms with E-state index in [1.54, 1.807) is 0 Å². The first-order valence-electron chi connectivity index (χ1n) is 6.07. The molecule has 1 N–H and O–H groups in total. The summed E-state index contributed by atoms with van der Waals surface area (Å²) in [5.41, 5.74) is -0.378. The maximum atomic E-state index is 13.0. The average Bonchev–Trinajstić information content (AvgIpc) is 2.83. The second-order valence-corrected chi connectivity index (χ2v) is 7.23. The summed E-state index contributed by atoms with van der Waals surface area (Å²) in [6.07, 6.45) is -2.84. The van der Waals surface area contributed by atoms with Crippen LogP contribution >= 0.6 is 0 Å². The molecule has 1 aromatic rings. The minimum absolute atomic E-state index is 0.236. The number of carboxylic acid groups (broad SMARTS) is 1. The van der Waals surface area contributed by atoms with E-state index in [0.717, 1.165) is 23.4 Å². The molecule has 2 atom stereocenters. The Bertz CT molecular complexity index is 692. The van der Waals surface area contributed by atoms with Crippen LogP contribution in [0.1, 0.15) is 10.5 Å². The number of carboxylic acids is 1. The summed E-state index contributed by atoms with van der Waals surface area (Å²) in [4.78, 5) is 19.2. The van der Waals surface area contributed by atoms with Gasteiger partial charge in [0.2, 0.25) is 5.95 Å². The molecule has 2 rings (SSSR count). The van der Waals surface area contributed by atoms with Gasteiger partial charge in [0, 0.05) is 25.5 Å². The van der Waals surface area contributed by atoms with Crippen molar-refractivity contribution < 1.29 is 31.5 Å². The number of hydrogen-bond donors (Lipinski definition) is 1. The molecule has 22 heavy (non-hydrogen) atoms. The SMILES string of the molecule is CS(=O)(=O)[C@@H]1CN(c2nccc(C(=O)O)n2)C[C@H]1C(F)(F)F. The fraction of sp³-hybridized carbons (Fsp3) is 0.545. The van der Waals surface area contributed by atoms with Gasteiger partial charge in [-0.25, -0.2) is 23.2 Å². The van der Waals surface area contributed by atoms with Crippen molar-refractivity contribution in [2.24, 2.45) is 5.92 Å². The fourth-order valence-corrected chi connectivity index (χ4v) is 3.59. The van der Waals surface area contributed by atoms with Gasteiger partial charge >= 0.3 is 12.1 Å². The van der Waals surface area contributed by atoms with E-state index in [1.807, 2.05) is 0 Å². The quantitative estimate of drug-likeness (QED) is 0.860. The first kappa shape index (κ1) is 16.5. The number of hydrogen-bond acceptors (Lipinski definition) is 6. The van der Waals surface area contributed by atoms with Gasteiger partial charge in [-0.3, -0.25) is 0 Å². The predicted octanol–water partition coefficient (Wildman–Crippen LogP) is 0.586. The van der Waals surface area contributed by atoms with Gasteiger partial charge in [-0.05, 0) is 6.07 Å². The first-order valence-corrected chi connectivity index (χ1v) is 8.02. The molecule has 0 bridgehead atoms. The van der Waals surface area contributed by atoms with E-state index in [4.69, 9.17) is 5.11 Å². The number of alkyl halides is 3. The summed E-state index contributed by atoms with van der Waals surface area (Å²) < 4.78 is 62.2. The Morgan fingerprint density at radius 2 is 2.05 bits per heavy atom. The molecule has 1 aliphatic heterocycles. The van der Waals surface area contributed by atoms with Crippen LogP contribution in [-0.4, -0.2) is 60.2 Å². The number of anilines is 1. The largest absolute Gasteiger partial charge is 0.477 e. The Balaban J connectivity index is 2.35. The number of aromatic nitrogens is 2. The molecular formula is C11H12F3N3O4S. The van der Waals surface area contributed by atoms with Crippen molar-refractivity contribution >= 4 is 21.8 Å². The van der Waals surface area contributed by atoms with Crippen molar-refractivity contribution in [3.8, 4) is 0 Å². The van der Waals surface area contributed by atoms with Gasteiger partial charge in [0.05, 0.1) is 11.2 Å². The van der Waals surface area contributed by atoms with Gasteiger partial charge in [0.25, 0.3) is 0 Å². The van der Waals surface area contributed by atoms with Crippen molar-refractivity contribution in [2.75, 3.05) is 24.2 Å². The van der Waals surface area contributed by atoms with Crippen LogP contribution in [0.2, 0.25) is 0 Å². The maximum Gasteiger partial charge on any atom is 0.394 e. The molecule has 0 aromatic carbocycles. The highest BCUT2D eigenvalue weighted by atomic mass is 32.2. The van der Waals surface area contributed by atoms with E-state index in [2.05, 4.69) is 9.97 Å². The van der Waals surface area contributed by atoms with Crippen LogP contribution in [0.15, 0.2) is 12.3 Å². The van der Waals surface area contributed by atoms with Crippen LogP contribution in [0.5, 0.6) is 0 Å². The number of sulfone groups is 1. The van der Waals surface area contributed by atoms with Crippen molar-refractivity contribution in [2.45, 2.75) is 11.4 Å². The summed E-state index contributed by atoms with van der Waals surface area (Å²) in [5, 5.41) is 7.20. The molecule has 1 aliphatic rings. The average molecular weight is 339 g/mol. The molecule has 1 aromatic heterocycles. The van der Waals surface area contributed by atoms with Crippen LogP contribution in [-0.2, 0) is 9.84 Å². The normalized spacial score (nSPS) is 22.8. The molecule has 1 saturated heterocycles. The molecule has 7 nitrogen and oxygen atoms in total. The minimum Gasteiger partial charge on any atom is -0.477 e. The lowest BCUT2D eigenvalue weighted by Crippen LogP contribution is -2.37. The summed E-state index contributed by atoms with van der Waals surface area (Å²) in [5.74, 6) is -3.66. The van der Waals surface area contributed by atoms with Crippen molar-refractivity contribution in [1.82, 2.24) is 9.97 Å². The summed E-state index contributed by atoms with van der Waals surface area (Å²) in [7, 11) is -3.94. The number of nitrogens with zero attached hydrogens (tertiary/aromatic N) is 3. The zero-order valence-electron chi connectivity index (χ0n) is 11.3. The molecule has 0 amide bonds. The van der Waals surface area contributed by atoms with Crippen LogP contribution < -0.4 is 4.90 Å². The Labute approximate surface area is 123 Å². The van der Waals surface area contributed by atoms with Gasteiger partial charge in [-0.2, -0.15) is 13.2 Å². The Morgan fingerprint density at radius 3 is 2.50 bits per heavy atom. The highest BCUT2D eigenvalue weighted by Gasteiger charge is 2.53. The lowest BCUT2D eigenvalue weighted by Gasteiger charge is -2.19. The number of carbonyl (C=O) groups is 1. The Kier molecular flexibility index (Phi) is 4.02. The maximum absolute atomic E-state index is 13.0. The molecule has 0 saturated carbocycles. The van der Waals surface area contributed by atoms with E-state index in [1.165, 1.54) is 0 Å². The third kappa shape index (κ3) is 3.29. The van der Waals surface area contributed by atoms with Crippen LogP contribution in [0.4, 0.5) is 19.1 Å². The van der Waals surface area contributed by atoms with Crippen LogP contribution in [0.25, 0.3) is 0 Å². The molecule has 11 heteroatoms. The molecule has 0 unspecified atom stereocenters. The molecule has 122 valence electrons. The third-order valence-corrected chi connectivity index (χ3v) is 4.96. The van der Waals surface area contributed by atoms with E-state index in [9.17, 15) is 26.4 Å². The lowest BCUT2D eigenvalue weighted by molar-refractivity contribution is -0.167. The Hall–Kier alpha value is -1.91. The standard InChI is InChI=1S/C11H12F3N3O4S/c1-22(20,21)8-5-17(4-6(8)11(12,13)14)10-15-3-2-7(16-10)9(18)19/h2-3,6,8H,4-5H2,1H3,(H,18,19)/t6-,8-/m1/s1. The number of rotatable bonds is 3. The van der Waals surface area contributed by atoms with Gasteiger partial charge < -0.3 is 10.0 Å². The van der Waals surface area contributed by atoms with Crippen molar-refractivity contribution in [1.29, 1.82) is 0 Å². The van der Waals surface area contributed by atoms with E-state index >= 15 is 0 Å². The monoisotopic (exact) mass is 339 g/mol. The molecule has 1 fully saturated rings. The van der Waals surface area contributed by atoms with Crippen LogP contribution in [0.3, 0.4) is 0 Å². The highest BCUT2D eigenvalue weighted by molar-refractivity contribution is 7.91. The number of aromatic carboxylic acids is 1. The van der Waals surface area contributed by atoms with E-state index in [0.29, 0.717) is 0 Å². The molecule has 0 aliphatic carbocycles. The molecular weight excluding hydrogens is 327 g/mol. The smallest absolute Gasteiger partial charge is 0.394 e. The summed E-state index contributed by atoms with van der Waals surface area (Å²) in [6.45, 7) is -1.07. The third-order valence-electron chi connectivity index (χ3n) is 3.38. The van der Waals surface area contributed by atoms with Gasteiger partial charge in [0.15, 0.2) is 15.5 Å². The summed E-state index contributed by atoms with van der Waals surface area (Å²) in [6, 6.07) is 1.09. The zero-order chi connectivity index (χ0) is 16.7. The zero-order valence-corrected chi connectivity index (χ0v) is 12.1. The van der Waals surface area contributed by atoms with Gasteiger partial charge in [-0.1, -0.05) is 0 Å². The van der Waals surface area contributed by atoms with Crippen LogP contribution in [0, 0.1) is 5.92 Å². The second-order valence-electron chi connectivity index (χ2n) is 4.97. The fourth-order valence-electron chi connectivity index (χ4n) is 2.31. The molecule has 0 radical (unpaired) electrons. The molecule has 0 spiro atoms. The minimum atomic E-state index is -4.69. The van der Waals surface area contributed by atoms with Gasteiger partial charge in [-0.15, -0.1) is 0 Å². The molecule has 2 heterocycles.